The Morgan fingerprint density at radius 1 is 1.27 bits per heavy atom. The largest absolute Gasteiger partial charge is 0.497 e. The number of hydrogen-bond donors (Lipinski definition) is 1. The van der Waals surface area contributed by atoms with Gasteiger partial charge in [0, 0.05) is 18.3 Å². The van der Waals surface area contributed by atoms with Crippen LogP contribution in [0.2, 0.25) is 0 Å². The zero-order chi connectivity index (χ0) is 16.1. The molecule has 1 N–H and O–H groups in total. The highest BCUT2D eigenvalue weighted by Gasteiger charge is 2.08. The normalized spacial score (nSPS) is 11.0. The van der Waals surface area contributed by atoms with Crippen molar-refractivity contribution in [1.29, 1.82) is 0 Å². The lowest BCUT2D eigenvalue weighted by molar-refractivity contribution is 0.414. The number of aryl methyl sites for hydroxylation is 1. The van der Waals surface area contributed by atoms with Gasteiger partial charge < -0.3 is 10.1 Å². The molecule has 5 heteroatoms. The lowest BCUT2D eigenvalue weighted by Crippen LogP contribution is -2.26. The quantitative estimate of drug-likeness (QED) is 0.889. The second kappa shape index (κ2) is 7.22. The van der Waals surface area contributed by atoms with E-state index < -0.39 is 0 Å². The predicted octanol–water partition coefficient (Wildman–Crippen LogP) is 2.30. The Labute approximate surface area is 130 Å². The van der Waals surface area contributed by atoms with Crippen LogP contribution in [0.15, 0.2) is 35.1 Å². The first-order chi connectivity index (χ1) is 10.5. The standard InChI is InChI=1S/C17H23N3O2/c1-12(2)10-18-11-16-17(21)9-13(3)20(19-16)14-5-7-15(22-4)8-6-14/h5-9,12,18H,10-11H2,1-4H3. The Hall–Kier alpha value is -2.14. The summed E-state index contributed by atoms with van der Waals surface area (Å²) in [5, 5.41) is 7.76. The molecule has 0 unspecified atom stereocenters. The molecule has 0 spiro atoms. The average molecular weight is 301 g/mol. The summed E-state index contributed by atoms with van der Waals surface area (Å²) in [4.78, 5) is 12.1. The van der Waals surface area contributed by atoms with Crippen LogP contribution < -0.4 is 15.5 Å². The molecule has 118 valence electrons. The van der Waals surface area contributed by atoms with Crippen molar-refractivity contribution in [3.8, 4) is 11.4 Å². The molecule has 2 rings (SSSR count). The maximum absolute atomic E-state index is 12.1. The van der Waals surface area contributed by atoms with Crippen molar-refractivity contribution >= 4 is 0 Å². The highest BCUT2D eigenvalue weighted by Crippen LogP contribution is 2.15. The Morgan fingerprint density at radius 3 is 2.55 bits per heavy atom. The molecule has 22 heavy (non-hydrogen) atoms. The number of ether oxygens (including phenoxy) is 1. The SMILES string of the molecule is COc1ccc(-n2nc(CNCC(C)C)c(=O)cc2C)cc1. The summed E-state index contributed by atoms with van der Waals surface area (Å²) >= 11 is 0. The van der Waals surface area contributed by atoms with E-state index in [1.165, 1.54) is 0 Å². The molecular weight excluding hydrogens is 278 g/mol. The van der Waals surface area contributed by atoms with E-state index >= 15 is 0 Å². The Balaban J connectivity index is 2.28. The number of benzene rings is 1. The van der Waals surface area contributed by atoms with Gasteiger partial charge in [-0.1, -0.05) is 13.8 Å². The van der Waals surface area contributed by atoms with Crippen molar-refractivity contribution in [2.24, 2.45) is 5.92 Å². The van der Waals surface area contributed by atoms with Crippen molar-refractivity contribution in [1.82, 2.24) is 15.1 Å². The molecule has 1 aromatic carbocycles. The van der Waals surface area contributed by atoms with E-state index in [4.69, 9.17) is 4.74 Å². The molecule has 0 radical (unpaired) electrons. The van der Waals surface area contributed by atoms with E-state index in [-0.39, 0.29) is 5.43 Å². The van der Waals surface area contributed by atoms with Crippen LogP contribution in [0.25, 0.3) is 5.69 Å². The first-order valence-corrected chi connectivity index (χ1v) is 7.46. The molecule has 0 bridgehead atoms. The van der Waals surface area contributed by atoms with Gasteiger partial charge >= 0.3 is 0 Å². The third-order valence-corrected chi connectivity index (χ3v) is 3.34. The molecular formula is C17H23N3O2. The van der Waals surface area contributed by atoms with Crippen LogP contribution in [-0.4, -0.2) is 23.4 Å². The molecule has 0 aliphatic carbocycles. The summed E-state index contributed by atoms with van der Waals surface area (Å²) in [7, 11) is 1.64. The van der Waals surface area contributed by atoms with Crippen LogP contribution >= 0.6 is 0 Å². The van der Waals surface area contributed by atoms with Gasteiger partial charge in [0.25, 0.3) is 0 Å². The minimum absolute atomic E-state index is 0.0292. The smallest absolute Gasteiger partial charge is 0.204 e. The predicted molar refractivity (Wildman–Crippen MR) is 87.7 cm³/mol. The van der Waals surface area contributed by atoms with E-state index in [1.54, 1.807) is 17.9 Å². The highest BCUT2D eigenvalue weighted by molar-refractivity contribution is 5.37. The molecule has 1 heterocycles. The van der Waals surface area contributed by atoms with Crippen LogP contribution in [0.1, 0.15) is 25.2 Å². The van der Waals surface area contributed by atoms with Gasteiger partial charge in [-0.25, -0.2) is 4.68 Å². The zero-order valence-corrected chi connectivity index (χ0v) is 13.6. The fourth-order valence-corrected chi connectivity index (χ4v) is 2.17. The summed E-state index contributed by atoms with van der Waals surface area (Å²) < 4.78 is 6.95. The highest BCUT2D eigenvalue weighted by atomic mass is 16.5. The number of hydrogen-bond acceptors (Lipinski definition) is 4. The van der Waals surface area contributed by atoms with Gasteiger partial charge in [-0.15, -0.1) is 0 Å². The molecule has 0 aliphatic rings. The molecule has 5 nitrogen and oxygen atoms in total. The third kappa shape index (κ3) is 3.95. The molecule has 0 saturated heterocycles. The Bertz CT molecular complexity index is 675. The summed E-state index contributed by atoms with van der Waals surface area (Å²) in [6, 6.07) is 9.24. The van der Waals surface area contributed by atoms with E-state index in [9.17, 15) is 4.79 Å². The first kappa shape index (κ1) is 16.2. The van der Waals surface area contributed by atoms with Gasteiger partial charge in [0.2, 0.25) is 5.43 Å². The molecule has 0 aliphatic heterocycles. The van der Waals surface area contributed by atoms with E-state index in [0.717, 1.165) is 23.7 Å². The van der Waals surface area contributed by atoms with Gasteiger partial charge in [0.05, 0.1) is 12.8 Å². The molecule has 2 aromatic rings. The van der Waals surface area contributed by atoms with Gasteiger partial charge in [-0.2, -0.15) is 5.10 Å². The van der Waals surface area contributed by atoms with Gasteiger partial charge in [0.1, 0.15) is 11.4 Å². The summed E-state index contributed by atoms with van der Waals surface area (Å²) in [6.45, 7) is 7.48. The van der Waals surface area contributed by atoms with Crippen LogP contribution in [0, 0.1) is 12.8 Å². The second-order valence-corrected chi connectivity index (χ2v) is 5.73. The fraction of sp³-hybridized carbons (Fsp3) is 0.412. The van der Waals surface area contributed by atoms with Crippen molar-refractivity contribution in [2.45, 2.75) is 27.3 Å². The monoisotopic (exact) mass is 301 g/mol. The van der Waals surface area contributed by atoms with Crippen molar-refractivity contribution < 1.29 is 4.74 Å². The molecule has 0 atom stereocenters. The van der Waals surface area contributed by atoms with Crippen LogP contribution in [0.5, 0.6) is 5.75 Å². The molecule has 0 saturated carbocycles. The van der Waals surface area contributed by atoms with E-state index in [1.807, 2.05) is 31.2 Å². The molecule has 0 fully saturated rings. The number of rotatable bonds is 6. The Kier molecular flexibility index (Phi) is 5.33. The summed E-state index contributed by atoms with van der Waals surface area (Å²) in [6.07, 6.45) is 0. The van der Waals surface area contributed by atoms with E-state index in [2.05, 4.69) is 24.3 Å². The Morgan fingerprint density at radius 2 is 1.95 bits per heavy atom. The van der Waals surface area contributed by atoms with Gasteiger partial charge in [-0.3, -0.25) is 4.79 Å². The van der Waals surface area contributed by atoms with E-state index in [0.29, 0.717) is 18.2 Å². The van der Waals surface area contributed by atoms with Gasteiger partial charge in [0.15, 0.2) is 0 Å². The van der Waals surface area contributed by atoms with Crippen molar-refractivity contribution in [3.05, 3.63) is 51.9 Å². The number of nitrogens with zero attached hydrogens (tertiary/aromatic N) is 2. The minimum atomic E-state index is -0.0292. The maximum atomic E-state index is 12.1. The summed E-state index contributed by atoms with van der Waals surface area (Å²) in [5.74, 6) is 1.33. The molecule has 0 amide bonds. The third-order valence-electron chi connectivity index (χ3n) is 3.34. The molecule has 1 aromatic heterocycles. The number of nitrogens with one attached hydrogen (secondary N) is 1. The second-order valence-electron chi connectivity index (χ2n) is 5.73. The van der Waals surface area contributed by atoms with Crippen molar-refractivity contribution in [2.75, 3.05) is 13.7 Å². The summed E-state index contributed by atoms with van der Waals surface area (Å²) in [5.41, 5.74) is 2.21. The number of methoxy groups -OCH3 is 1. The zero-order valence-electron chi connectivity index (χ0n) is 13.6. The lowest BCUT2D eigenvalue weighted by atomic mass is 10.2. The van der Waals surface area contributed by atoms with Crippen molar-refractivity contribution in [3.63, 3.8) is 0 Å². The van der Waals surface area contributed by atoms with Crippen LogP contribution in [-0.2, 0) is 6.54 Å². The maximum Gasteiger partial charge on any atom is 0.204 e. The minimum Gasteiger partial charge on any atom is -0.497 e. The number of aromatic nitrogens is 2. The fourth-order valence-electron chi connectivity index (χ4n) is 2.17. The first-order valence-electron chi connectivity index (χ1n) is 7.46. The topological polar surface area (TPSA) is 56.1 Å². The lowest BCUT2D eigenvalue weighted by Gasteiger charge is -2.12. The van der Waals surface area contributed by atoms with Gasteiger partial charge in [-0.05, 0) is 43.7 Å². The van der Waals surface area contributed by atoms with Crippen LogP contribution in [0.3, 0.4) is 0 Å². The van der Waals surface area contributed by atoms with Crippen LogP contribution in [0.4, 0.5) is 0 Å². The average Bonchev–Trinajstić information content (AvgIpc) is 2.49.